The van der Waals surface area contributed by atoms with Gasteiger partial charge in [-0.3, -0.25) is 15.1 Å². The average Bonchev–Trinajstić information content (AvgIpc) is 2.39. The normalized spacial score (nSPS) is 20.1. The Bertz CT molecular complexity index is 470. The van der Waals surface area contributed by atoms with Gasteiger partial charge in [-0.25, -0.2) is 0 Å². The van der Waals surface area contributed by atoms with Gasteiger partial charge < -0.3 is 10.8 Å². The first-order valence-electron chi connectivity index (χ1n) is 6.45. The van der Waals surface area contributed by atoms with E-state index in [0.29, 0.717) is 12.1 Å². The predicted octanol–water partition coefficient (Wildman–Crippen LogP) is 1.27. The highest BCUT2D eigenvalue weighted by Gasteiger charge is 2.25. The van der Waals surface area contributed by atoms with E-state index in [-0.39, 0.29) is 11.8 Å². The topological polar surface area (TPSA) is 90.4 Å². The molecule has 2 rings (SSSR count). The minimum absolute atomic E-state index is 0.0652. The first kappa shape index (κ1) is 13.5. The molecule has 0 aliphatic carbocycles. The monoisotopic (exact) mass is 261 g/mol. The smallest absolute Gasteiger partial charge is 0.307 e. The van der Waals surface area contributed by atoms with Gasteiger partial charge in [-0.1, -0.05) is 24.3 Å². The lowest BCUT2D eigenvalue weighted by atomic mass is 9.98. The van der Waals surface area contributed by atoms with Gasteiger partial charge in [0.05, 0.1) is 5.92 Å². The average molecular weight is 261 g/mol. The summed E-state index contributed by atoms with van der Waals surface area (Å²) in [6.45, 7) is 2.31. The maximum Gasteiger partial charge on any atom is 0.307 e. The van der Waals surface area contributed by atoms with E-state index in [0.717, 1.165) is 31.5 Å². The van der Waals surface area contributed by atoms with E-state index in [4.69, 9.17) is 16.2 Å². The third kappa shape index (κ3) is 3.54. The molecule has 1 aromatic rings. The van der Waals surface area contributed by atoms with Crippen LogP contribution in [0.4, 0.5) is 0 Å². The number of piperidine rings is 1. The molecular weight excluding hydrogens is 242 g/mol. The number of carboxylic acids is 1. The fourth-order valence-corrected chi connectivity index (χ4v) is 2.45. The minimum atomic E-state index is -0.698. The van der Waals surface area contributed by atoms with Crippen LogP contribution in [0.2, 0.25) is 0 Å². The zero-order valence-electron chi connectivity index (χ0n) is 10.8. The molecule has 0 spiro atoms. The van der Waals surface area contributed by atoms with Gasteiger partial charge in [-0.05, 0) is 24.9 Å². The minimum Gasteiger partial charge on any atom is -0.481 e. The van der Waals surface area contributed by atoms with Crippen LogP contribution in [0.1, 0.15) is 24.0 Å². The van der Waals surface area contributed by atoms with Crippen LogP contribution in [0.25, 0.3) is 0 Å². The summed E-state index contributed by atoms with van der Waals surface area (Å²) in [5, 5.41) is 16.4. The maximum atomic E-state index is 11.0. The zero-order valence-corrected chi connectivity index (χ0v) is 10.8. The molecule has 102 valence electrons. The Balaban J connectivity index is 1.96. The van der Waals surface area contributed by atoms with Crippen molar-refractivity contribution < 1.29 is 9.90 Å². The lowest BCUT2D eigenvalue weighted by Crippen LogP contribution is -2.38. The Morgan fingerprint density at radius 3 is 2.68 bits per heavy atom. The van der Waals surface area contributed by atoms with Crippen LogP contribution in [-0.4, -0.2) is 34.9 Å². The van der Waals surface area contributed by atoms with Gasteiger partial charge in [-0.2, -0.15) is 0 Å². The molecule has 0 bridgehead atoms. The Labute approximate surface area is 112 Å². The van der Waals surface area contributed by atoms with Crippen molar-refractivity contribution in [3.05, 3.63) is 35.4 Å². The molecule has 0 amide bonds. The van der Waals surface area contributed by atoms with Gasteiger partial charge in [-0.15, -0.1) is 0 Å². The number of nitrogens with one attached hydrogen (secondary N) is 1. The summed E-state index contributed by atoms with van der Waals surface area (Å²) in [4.78, 5) is 13.2. The van der Waals surface area contributed by atoms with E-state index in [9.17, 15) is 4.79 Å². The number of rotatable bonds is 4. The molecule has 4 N–H and O–H groups in total. The number of hydrogen-bond donors (Lipinski definition) is 3. The summed E-state index contributed by atoms with van der Waals surface area (Å²) in [5.41, 5.74) is 7.24. The Morgan fingerprint density at radius 2 is 2.11 bits per heavy atom. The molecule has 1 aliphatic heterocycles. The first-order valence-corrected chi connectivity index (χ1v) is 6.45. The number of nitrogens with two attached hydrogens (primary N) is 1. The molecule has 1 fully saturated rings. The molecule has 1 atom stereocenters. The maximum absolute atomic E-state index is 11.0. The third-order valence-corrected chi connectivity index (χ3v) is 3.53. The molecule has 1 heterocycles. The summed E-state index contributed by atoms with van der Waals surface area (Å²) in [7, 11) is 0. The van der Waals surface area contributed by atoms with E-state index in [1.165, 1.54) is 0 Å². The Kier molecular flexibility index (Phi) is 4.16. The van der Waals surface area contributed by atoms with E-state index < -0.39 is 5.97 Å². The van der Waals surface area contributed by atoms with Crippen molar-refractivity contribution in [1.29, 1.82) is 5.41 Å². The largest absolute Gasteiger partial charge is 0.481 e. The Morgan fingerprint density at radius 1 is 1.42 bits per heavy atom. The fraction of sp³-hybridized carbons (Fsp3) is 0.429. The Hall–Kier alpha value is -1.88. The number of carboxylic acid groups (broad SMARTS) is 1. The number of likely N-dealkylation sites (tertiary alicyclic amines) is 1. The third-order valence-electron chi connectivity index (χ3n) is 3.53. The molecule has 1 saturated heterocycles. The van der Waals surface area contributed by atoms with Crippen LogP contribution in [0.5, 0.6) is 0 Å². The number of carbonyl (C=O) groups is 1. The van der Waals surface area contributed by atoms with Gasteiger partial charge in [0, 0.05) is 18.7 Å². The van der Waals surface area contributed by atoms with Crippen molar-refractivity contribution in [3.63, 3.8) is 0 Å². The van der Waals surface area contributed by atoms with E-state index >= 15 is 0 Å². The zero-order chi connectivity index (χ0) is 13.8. The first-order chi connectivity index (χ1) is 9.06. The fourth-order valence-electron chi connectivity index (χ4n) is 2.45. The molecule has 5 heteroatoms. The van der Waals surface area contributed by atoms with Crippen molar-refractivity contribution in [2.24, 2.45) is 11.7 Å². The molecule has 1 aromatic carbocycles. The summed E-state index contributed by atoms with van der Waals surface area (Å²) in [5.74, 6) is -0.877. The van der Waals surface area contributed by atoms with Crippen LogP contribution in [0.15, 0.2) is 24.3 Å². The van der Waals surface area contributed by atoms with Crippen LogP contribution >= 0.6 is 0 Å². The van der Waals surface area contributed by atoms with Gasteiger partial charge in [0.1, 0.15) is 5.84 Å². The SMILES string of the molecule is N=C(N)c1ccc(CN2CCCC(C(=O)O)C2)cc1. The standard InChI is InChI=1S/C14H19N3O2/c15-13(16)11-5-3-10(4-6-11)8-17-7-1-2-12(9-17)14(18)19/h3-6,12H,1-2,7-9H2,(H3,15,16)(H,18,19). The van der Waals surface area contributed by atoms with Gasteiger partial charge >= 0.3 is 5.97 Å². The highest BCUT2D eigenvalue weighted by atomic mass is 16.4. The van der Waals surface area contributed by atoms with Crippen LogP contribution in [0, 0.1) is 11.3 Å². The molecular formula is C14H19N3O2. The van der Waals surface area contributed by atoms with Crippen molar-refractivity contribution in [2.45, 2.75) is 19.4 Å². The molecule has 0 saturated carbocycles. The number of benzene rings is 1. The number of amidine groups is 1. The second-order valence-corrected chi connectivity index (χ2v) is 5.02. The quantitative estimate of drug-likeness (QED) is 0.562. The van der Waals surface area contributed by atoms with Crippen LogP contribution in [-0.2, 0) is 11.3 Å². The second-order valence-electron chi connectivity index (χ2n) is 5.02. The van der Waals surface area contributed by atoms with Crippen molar-refractivity contribution in [3.8, 4) is 0 Å². The lowest BCUT2D eigenvalue weighted by Gasteiger charge is -2.30. The van der Waals surface area contributed by atoms with Crippen molar-refractivity contribution >= 4 is 11.8 Å². The molecule has 0 aromatic heterocycles. The van der Waals surface area contributed by atoms with Gasteiger partial charge in [0.15, 0.2) is 0 Å². The highest BCUT2D eigenvalue weighted by Crippen LogP contribution is 2.18. The molecule has 5 nitrogen and oxygen atoms in total. The van der Waals surface area contributed by atoms with Gasteiger partial charge in [0.25, 0.3) is 0 Å². The summed E-state index contributed by atoms with van der Waals surface area (Å²) in [6.07, 6.45) is 1.71. The van der Waals surface area contributed by atoms with E-state index in [1.807, 2.05) is 24.3 Å². The highest BCUT2D eigenvalue weighted by molar-refractivity contribution is 5.94. The second kappa shape index (κ2) is 5.84. The summed E-state index contributed by atoms with van der Waals surface area (Å²) in [6, 6.07) is 7.55. The summed E-state index contributed by atoms with van der Waals surface area (Å²) < 4.78 is 0. The van der Waals surface area contributed by atoms with E-state index in [1.54, 1.807) is 0 Å². The predicted molar refractivity (Wildman–Crippen MR) is 73.1 cm³/mol. The number of nitrogens with zero attached hydrogens (tertiary/aromatic N) is 1. The van der Waals surface area contributed by atoms with Crippen LogP contribution < -0.4 is 5.73 Å². The molecule has 0 radical (unpaired) electrons. The number of aliphatic carboxylic acids is 1. The molecule has 19 heavy (non-hydrogen) atoms. The van der Waals surface area contributed by atoms with Crippen LogP contribution in [0.3, 0.4) is 0 Å². The molecule has 1 unspecified atom stereocenters. The van der Waals surface area contributed by atoms with Crippen molar-refractivity contribution in [1.82, 2.24) is 4.90 Å². The summed E-state index contributed by atoms with van der Waals surface area (Å²) >= 11 is 0. The lowest BCUT2D eigenvalue weighted by molar-refractivity contribution is -0.143. The van der Waals surface area contributed by atoms with Crippen molar-refractivity contribution in [2.75, 3.05) is 13.1 Å². The van der Waals surface area contributed by atoms with Gasteiger partial charge in [0.2, 0.25) is 0 Å². The molecule has 1 aliphatic rings. The number of hydrogen-bond acceptors (Lipinski definition) is 3. The number of nitrogen functional groups attached to an aromatic ring is 1. The van der Waals surface area contributed by atoms with E-state index in [2.05, 4.69) is 4.90 Å².